The van der Waals surface area contributed by atoms with Crippen LogP contribution in [0.25, 0.3) is 0 Å². The highest BCUT2D eigenvalue weighted by molar-refractivity contribution is 7.89. The Morgan fingerprint density at radius 3 is 2.48 bits per heavy atom. The molecular weight excluding hydrogens is 335 g/mol. The van der Waals surface area contributed by atoms with E-state index in [0.29, 0.717) is 0 Å². The number of carboxylic acid groups (broad SMARTS) is 1. The number of rotatable bonds is 5. The van der Waals surface area contributed by atoms with E-state index in [-0.39, 0.29) is 5.02 Å². The molecule has 5 nitrogen and oxygen atoms in total. The summed E-state index contributed by atoms with van der Waals surface area (Å²) >= 11 is 5.59. The molecule has 1 atom stereocenters. The smallest absolute Gasteiger partial charge is 0.390 e. The third-order valence-electron chi connectivity index (χ3n) is 2.37. The van der Waals surface area contributed by atoms with Crippen molar-refractivity contribution in [3.63, 3.8) is 0 Å². The predicted octanol–water partition coefficient (Wildman–Crippen LogP) is 2.66. The van der Waals surface area contributed by atoms with E-state index in [4.69, 9.17) is 16.7 Å². The summed E-state index contributed by atoms with van der Waals surface area (Å²) in [5.41, 5.74) is -0.456. The van der Waals surface area contributed by atoms with Gasteiger partial charge < -0.3 is 5.11 Å². The minimum absolute atomic E-state index is 0.176. The van der Waals surface area contributed by atoms with E-state index in [0.717, 1.165) is 25.1 Å². The summed E-state index contributed by atoms with van der Waals surface area (Å²) in [4.78, 5) is 10.4. The van der Waals surface area contributed by atoms with Crippen molar-refractivity contribution in [2.45, 2.75) is 30.5 Å². The monoisotopic (exact) mass is 345 g/mol. The number of aromatic carboxylic acids is 1. The van der Waals surface area contributed by atoms with Gasteiger partial charge in [0, 0.05) is 6.04 Å². The number of carbonyl (C=O) groups is 1. The van der Waals surface area contributed by atoms with Gasteiger partial charge in [-0.1, -0.05) is 11.6 Å². The second-order valence-corrected chi connectivity index (χ2v) is 6.41. The molecule has 2 N–H and O–H groups in total. The van der Waals surface area contributed by atoms with E-state index in [9.17, 15) is 26.4 Å². The van der Waals surface area contributed by atoms with Crippen LogP contribution < -0.4 is 4.72 Å². The van der Waals surface area contributed by atoms with Crippen LogP contribution in [-0.4, -0.2) is 31.7 Å². The first-order valence-electron chi connectivity index (χ1n) is 5.54. The normalized spacial score (nSPS) is 14.0. The molecule has 0 aliphatic heterocycles. The second kappa shape index (κ2) is 6.20. The highest BCUT2D eigenvalue weighted by atomic mass is 35.5. The lowest BCUT2D eigenvalue weighted by molar-refractivity contribution is -0.137. The van der Waals surface area contributed by atoms with E-state index < -0.39 is 45.1 Å². The van der Waals surface area contributed by atoms with Crippen molar-refractivity contribution in [2.75, 3.05) is 0 Å². The van der Waals surface area contributed by atoms with Crippen molar-refractivity contribution in [3.8, 4) is 0 Å². The molecule has 0 saturated carbocycles. The zero-order chi connectivity index (χ0) is 16.4. The van der Waals surface area contributed by atoms with Crippen LogP contribution in [0.1, 0.15) is 23.7 Å². The molecule has 1 rings (SSSR count). The van der Waals surface area contributed by atoms with Gasteiger partial charge in [-0.05, 0) is 25.1 Å². The summed E-state index contributed by atoms with van der Waals surface area (Å²) in [5.74, 6) is -1.44. The van der Waals surface area contributed by atoms with Gasteiger partial charge in [-0.15, -0.1) is 0 Å². The minimum Gasteiger partial charge on any atom is -0.478 e. The molecule has 0 saturated heterocycles. The van der Waals surface area contributed by atoms with Crippen molar-refractivity contribution in [1.29, 1.82) is 0 Å². The molecule has 1 aromatic carbocycles. The van der Waals surface area contributed by atoms with Crippen LogP contribution in [0.4, 0.5) is 13.2 Å². The fourth-order valence-electron chi connectivity index (χ4n) is 1.56. The van der Waals surface area contributed by atoms with Gasteiger partial charge in [0.1, 0.15) is 0 Å². The molecule has 0 bridgehead atoms. The SMILES string of the molecule is CC(CC(F)(F)F)NS(=O)(=O)c1ccc(Cl)c(C(=O)O)c1. The van der Waals surface area contributed by atoms with E-state index in [1.807, 2.05) is 4.72 Å². The largest absolute Gasteiger partial charge is 0.478 e. The topological polar surface area (TPSA) is 83.5 Å². The Morgan fingerprint density at radius 1 is 1.43 bits per heavy atom. The Labute approximate surface area is 123 Å². The molecule has 0 radical (unpaired) electrons. The highest BCUT2D eigenvalue weighted by Crippen LogP contribution is 2.24. The van der Waals surface area contributed by atoms with Gasteiger partial charge in [-0.25, -0.2) is 17.9 Å². The van der Waals surface area contributed by atoms with Crippen molar-refractivity contribution in [2.24, 2.45) is 0 Å². The maximum absolute atomic E-state index is 12.2. The second-order valence-electron chi connectivity index (χ2n) is 4.29. The zero-order valence-electron chi connectivity index (χ0n) is 10.6. The number of benzene rings is 1. The van der Waals surface area contributed by atoms with Gasteiger partial charge in [0.05, 0.1) is 21.9 Å². The number of alkyl halides is 3. The first-order valence-corrected chi connectivity index (χ1v) is 7.40. The summed E-state index contributed by atoms with van der Waals surface area (Å²) in [6, 6.07) is 1.46. The molecule has 0 aliphatic rings. The van der Waals surface area contributed by atoms with Gasteiger partial charge in [0.2, 0.25) is 10.0 Å². The molecule has 0 fully saturated rings. The lowest BCUT2D eigenvalue weighted by Gasteiger charge is -2.16. The molecule has 0 heterocycles. The van der Waals surface area contributed by atoms with Crippen LogP contribution in [0.5, 0.6) is 0 Å². The standard InChI is InChI=1S/C11H11ClF3NO4S/c1-6(5-11(13,14)15)16-21(19,20)7-2-3-9(12)8(4-7)10(17)18/h2-4,6,16H,5H2,1H3,(H,17,18). The lowest BCUT2D eigenvalue weighted by Crippen LogP contribution is -2.36. The molecule has 0 amide bonds. The van der Waals surface area contributed by atoms with Crippen molar-refractivity contribution < 1.29 is 31.5 Å². The van der Waals surface area contributed by atoms with Crippen LogP contribution >= 0.6 is 11.6 Å². The molecule has 10 heteroatoms. The van der Waals surface area contributed by atoms with Crippen molar-refractivity contribution in [3.05, 3.63) is 28.8 Å². The van der Waals surface area contributed by atoms with E-state index >= 15 is 0 Å². The minimum atomic E-state index is -4.52. The van der Waals surface area contributed by atoms with E-state index in [1.165, 1.54) is 0 Å². The van der Waals surface area contributed by atoms with Gasteiger partial charge in [-0.3, -0.25) is 0 Å². The van der Waals surface area contributed by atoms with Gasteiger partial charge in [0.25, 0.3) is 0 Å². The third kappa shape index (κ3) is 5.18. The van der Waals surface area contributed by atoms with Crippen LogP contribution in [0.2, 0.25) is 5.02 Å². The lowest BCUT2D eigenvalue weighted by atomic mass is 10.2. The summed E-state index contributed by atoms with van der Waals surface area (Å²) in [6.07, 6.45) is -5.86. The molecular formula is C11H11ClF3NO4S. The predicted molar refractivity (Wildman–Crippen MR) is 68.9 cm³/mol. The summed E-state index contributed by atoms with van der Waals surface area (Å²) in [5, 5.41) is 8.67. The molecule has 0 spiro atoms. The Morgan fingerprint density at radius 2 is 2.00 bits per heavy atom. The van der Waals surface area contributed by atoms with Crippen LogP contribution in [-0.2, 0) is 10.0 Å². The Kier molecular flexibility index (Phi) is 5.24. The maximum atomic E-state index is 12.2. The molecule has 1 unspecified atom stereocenters. The van der Waals surface area contributed by atoms with Crippen molar-refractivity contribution in [1.82, 2.24) is 4.72 Å². The number of sulfonamides is 1. The summed E-state index contributed by atoms with van der Waals surface area (Å²) < 4.78 is 62.2. The quantitative estimate of drug-likeness (QED) is 0.859. The average molecular weight is 346 g/mol. The Hall–Kier alpha value is -1.32. The highest BCUT2D eigenvalue weighted by Gasteiger charge is 2.32. The van der Waals surface area contributed by atoms with Crippen LogP contribution in [0, 0.1) is 0 Å². The van der Waals surface area contributed by atoms with Gasteiger partial charge in [0.15, 0.2) is 0 Å². The number of nitrogens with one attached hydrogen (secondary N) is 1. The fourth-order valence-corrected chi connectivity index (χ4v) is 3.02. The number of halogens is 4. The Bertz CT molecular complexity index is 645. The molecule has 0 aromatic heterocycles. The molecule has 0 aliphatic carbocycles. The first-order chi connectivity index (χ1) is 9.42. The number of carboxylic acids is 1. The Balaban J connectivity index is 3.04. The fraction of sp³-hybridized carbons (Fsp3) is 0.364. The third-order valence-corrected chi connectivity index (χ3v) is 4.29. The zero-order valence-corrected chi connectivity index (χ0v) is 12.2. The van der Waals surface area contributed by atoms with Gasteiger partial charge in [-0.2, -0.15) is 13.2 Å². The summed E-state index contributed by atoms with van der Waals surface area (Å²) in [6.45, 7) is 1.05. The number of hydrogen-bond acceptors (Lipinski definition) is 3. The van der Waals surface area contributed by atoms with Crippen LogP contribution in [0.15, 0.2) is 23.1 Å². The molecule has 1 aromatic rings. The van der Waals surface area contributed by atoms with Crippen LogP contribution in [0.3, 0.4) is 0 Å². The van der Waals surface area contributed by atoms with E-state index in [1.54, 1.807) is 0 Å². The van der Waals surface area contributed by atoms with Gasteiger partial charge >= 0.3 is 12.1 Å². The maximum Gasteiger partial charge on any atom is 0.390 e. The average Bonchev–Trinajstić information content (AvgIpc) is 2.24. The van der Waals surface area contributed by atoms with E-state index in [2.05, 4.69) is 0 Å². The molecule has 118 valence electrons. The first kappa shape index (κ1) is 17.7. The molecule has 21 heavy (non-hydrogen) atoms. The number of hydrogen-bond donors (Lipinski definition) is 2. The summed E-state index contributed by atoms with van der Waals surface area (Å²) in [7, 11) is -4.28. The van der Waals surface area contributed by atoms with Crippen molar-refractivity contribution >= 4 is 27.6 Å².